The number of nitrogens with one attached hydrogen (secondary N) is 2. The Morgan fingerprint density at radius 1 is 1.19 bits per heavy atom. The van der Waals surface area contributed by atoms with Gasteiger partial charge in [-0.1, -0.05) is 13.0 Å². The van der Waals surface area contributed by atoms with Gasteiger partial charge in [-0.3, -0.25) is 9.59 Å². The summed E-state index contributed by atoms with van der Waals surface area (Å²) < 4.78 is 19.6. The molecule has 1 aliphatic carbocycles. The molecule has 198 valence electrons. The fraction of sp³-hybridized carbons (Fsp3) is 0.444. The van der Waals surface area contributed by atoms with Gasteiger partial charge < -0.3 is 30.3 Å². The van der Waals surface area contributed by atoms with Crippen LogP contribution < -0.4 is 15.4 Å². The van der Waals surface area contributed by atoms with Crippen molar-refractivity contribution in [2.45, 2.75) is 38.8 Å². The second kappa shape index (κ2) is 11.2. The Morgan fingerprint density at radius 2 is 1.89 bits per heavy atom. The van der Waals surface area contributed by atoms with Crippen molar-refractivity contribution < 1.29 is 28.6 Å². The number of fused-ring (bicyclic) bond motifs is 1. The number of para-hydroxylation sites is 1. The Hall–Kier alpha value is -3.66. The molecule has 3 atom stereocenters. The number of urea groups is 1. The molecule has 1 heterocycles. The number of hydrogen-bond acceptors (Lipinski definition) is 5. The third kappa shape index (κ3) is 6.19. The third-order valence-corrected chi connectivity index (χ3v) is 6.79. The lowest BCUT2D eigenvalue weighted by Gasteiger charge is -2.38. The number of aliphatic hydroxyl groups excluding tert-OH is 1. The zero-order valence-corrected chi connectivity index (χ0v) is 21.2. The van der Waals surface area contributed by atoms with Crippen LogP contribution >= 0.6 is 0 Å². The molecule has 1 saturated carbocycles. The van der Waals surface area contributed by atoms with Gasteiger partial charge in [0, 0.05) is 31.1 Å². The lowest BCUT2D eigenvalue weighted by molar-refractivity contribution is -0.117. The van der Waals surface area contributed by atoms with E-state index < -0.39 is 24.0 Å². The predicted molar refractivity (Wildman–Crippen MR) is 137 cm³/mol. The molecule has 0 bridgehead atoms. The van der Waals surface area contributed by atoms with Crippen molar-refractivity contribution in [2.24, 2.45) is 11.8 Å². The molecule has 9 nitrogen and oxygen atoms in total. The van der Waals surface area contributed by atoms with Gasteiger partial charge in [-0.05, 0) is 56.2 Å². The molecule has 37 heavy (non-hydrogen) atoms. The summed E-state index contributed by atoms with van der Waals surface area (Å²) in [7, 11) is 1.62. The van der Waals surface area contributed by atoms with Gasteiger partial charge in [0.05, 0.1) is 30.4 Å². The summed E-state index contributed by atoms with van der Waals surface area (Å²) in [5.74, 6) is -0.830. The standard InChI is InChI=1S/C27H33FN4O5/c1-16-13-32(17(2)15-33)26(35)21-5-4-6-22(30-25(34)18-7-8-18)24(21)37-23(16)14-31(3)27(36)29-20-11-9-19(28)10-12-20/h4-6,9-12,16-18,23,33H,7-8,13-15H2,1-3H3,(H,29,36)(H,30,34)/t16-,17-,23-/m0/s1. The number of rotatable bonds is 7. The van der Waals surface area contributed by atoms with E-state index >= 15 is 0 Å². The molecule has 4 rings (SSSR count). The molecule has 0 aromatic heterocycles. The summed E-state index contributed by atoms with van der Waals surface area (Å²) in [6.07, 6.45) is 1.12. The van der Waals surface area contributed by atoms with Crippen LogP contribution in [0.1, 0.15) is 37.0 Å². The zero-order valence-electron chi connectivity index (χ0n) is 21.2. The van der Waals surface area contributed by atoms with E-state index in [0.717, 1.165) is 12.8 Å². The molecule has 1 fully saturated rings. The maximum Gasteiger partial charge on any atom is 0.321 e. The average Bonchev–Trinajstić information content (AvgIpc) is 3.73. The Balaban J connectivity index is 1.61. The summed E-state index contributed by atoms with van der Waals surface area (Å²) in [5, 5.41) is 15.4. The van der Waals surface area contributed by atoms with Crippen molar-refractivity contribution in [2.75, 3.05) is 37.4 Å². The van der Waals surface area contributed by atoms with Gasteiger partial charge in [-0.25, -0.2) is 9.18 Å². The van der Waals surface area contributed by atoms with Gasteiger partial charge in [-0.15, -0.1) is 0 Å². The highest BCUT2D eigenvalue weighted by Gasteiger charge is 2.36. The smallest absolute Gasteiger partial charge is 0.321 e. The first kappa shape index (κ1) is 26.4. The predicted octanol–water partition coefficient (Wildman–Crippen LogP) is 3.56. The van der Waals surface area contributed by atoms with E-state index in [0.29, 0.717) is 17.9 Å². The molecule has 0 unspecified atom stereocenters. The van der Waals surface area contributed by atoms with Gasteiger partial charge >= 0.3 is 6.03 Å². The Morgan fingerprint density at radius 3 is 2.54 bits per heavy atom. The summed E-state index contributed by atoms with van der Waals surface area (Å²) in [6.45, 7) is 3.95. The van der Waals surface area contributed by atoms with E-state index in [4.69, 9.17) is 4.74 Å². The first-order chi connectivity index (χ1) is 17.7. The van der Waals surface area contributed by atoms with E-state index in [2.05, 4.69) is 10.6 Å². The number of carbonyl (C=O) groups is 3. The number of halogens is 1. The lowest BCUT2D eigenvalue weighted by Crippen LogP contribution is -2.50. The number of ether oxygens (including phenoxy) is 1. The van der Waals surface area contributed by atoms with E-state index in [1.165, 1.54) is 29.2 Å². The van der Waals surface area contributed by atoms with Gasteiger partial charge in [-0.2, -0.15) is 0 Å². The molecule has 2 aromatic rings. The van der Waals surface area contributed by atoms with Crippen molar-refractivity contribution in [3.63, 3.8) is 0 Å². The lowest BCUT2D eigenvalue weighted by atomic mass is 9.99. The Labute approximate surface area is 215 Å². The summed E-state index contributed by atoms with van der Waals surface area (Å²) in [5.41, 5.74) is 1.13. The van der Waals surface area contributed by atoms with Crippen LogP contribution in [0.25, 0.3) is 0 Å². The quantitative estimate of drug-likeness (QED) is 0.525. The molecule has 0 saturated heterocycles. The SMILES string of the molecule is C[C@H]1CN([C@@H](C)CO)C(=O)c2cccc(NC(=O)C3CC3)c2O[C@H]1CN(C)C(=O)Nc1ccc(F)cc1. The fourth-order valence-electron chi connectivity index (χ4n) is 4.24. The first-order valence-electron chi connectivity index (χ1n) is 12.5. The summed E-state index contributed by atoms with van der Waals surface area (Å²) >= 11 is 0. The van der Waals surface area contributed by atoms with Crippen LogP contribution in [-0.4, -0.2) is 71.6 Å². The monoisotopic (exact) mass is 512 g/mol. The highest BCUT2D eigenvalue weighted by atomic mass is 19.1. The fourth-order valence-corrected chi connectivity index (χ4v) is 4.24. The van der Waals surface area contributed by atoms with Crippen LogP contribution in [0, 0.1) is 17.7 Å². The van der Waals surface area contributed by atoms with Crippen molar-refractivity contribution >= 4 is 29.2 Å². The minimum atomic E-state index is -0.539. The number of hydrogen-bond donors (Lipinski definition) is 3. The number of anilines is 2. The first-order valence-corrected chi connectivity index (χ1v) is 12.5. The summed E-state index contributed by atoms with van der Waals surface area (Å²) in [4.78, 5) is 42.0. The van der Waals surface area contributed by atoms with Crippen molar-refractivity contribution in [3.05, 3.63) is 53.8 Å². The van der Waals surface area contributed by atoms with Gasteiger partial charge in [0.15, 0.2) is 5.75 Å². The van der Waals surface area contributed by atoms with Gasteiger partial charge in [0.2, 0.25) is 5.91 Å². The number of aliphatic hydroxyl groups is 1. The third-order valence-electron chi connectivity index (χ3n) is 6.79. The van der Waals surface area contributed by atoms with E-state index in [1.807, 2.05) is 6.92 Å². The maximum absolute atomic E-state index is 13.5. The van der Waals surface area contributed by atoms with Crippen LogP contribution in [-0.2, 0) is 4.79 Å². The second-order valence-electron chi connectivity index (χ2n) is 9.89. The van der Waals surface area contributed by atoms with Crippen LogP contribution in [0.4, 0.5) is 20.6 Å². The largest absolute Gasteiger partial charge is 0.485 e. The Bertz CT molecular complexity index is 1150. The van der Waals surface area contributed by atoms with E-state index in [9.17, 15) is 23.9 Å². The number of likely N-dealkylation sites (N-methyl/N-ethyl adjacent to an activating group) is 1. The zero-order chi connectivity index (χ0) is 26.7. The molecule has 10 heteroatoms. The maximum atomic E-state index is 13.5. The van der Waals surface area contributed by atoms with Gasteiger partial charge in [0.25, 0.3) is 5.91 Å². The average molecular weight is 513 g/mol. The minimum absolute atomic E-state index is 0.0398. The molecular formula is C27H33FN4O5. The van der Waals surface area contributed by atoms with Crippen LogP contribution in [0.5, 0.6) is 5.75 Å². The molecule has 4 amide bonds. The summed E-state index contributed by atoms with van der Waals surface area (Å²) in [6, 6.07) is 9.65. The molecule has 3 N–H and O–H groups in total. The number of benzene rings is 2. The molecular weight excluding hydrogens is 479 g/mol. The van der Waals surface area contributed by atoms with Crippen LogP contribution in [0.2, 0.25) is 0 Å². The minimum Gasteiger partial charge on any atom is -0.485 e. The molecule has 0 spiro atoms. The van der Waals surface area contributed by atoms with Crippen LogP contribution in [0.3, 0.4) is 0 Å². The Kier molecular flexibility index (Phi) is 7.97. The highest BCUT2D eigenvalue weighted by molar-refractivity contribution is 6.02. The normalized spacial score (nSPS) is 20.1. The van der Waals surface area contributed by atoms with Crippen molar-refractivity contribution in [3.8, 4) is 5.75 Å². The van der Waals surface area contributed by atoms with E-state index in [1.54, 1.807) is 37.1 Å². The number of carbonyl (C=O) groups excluding carboxylic acids is 3. The van der Waals surface area contributed by atoms with E-state index in [-0.39, 0.29) is 48.1 Å². The highest BCUT2D eigenvalue weighted by Crippen LogP contribution is 2.37. The second-order valence-corrected chi connectivity index (χ2v) is 9.89. The molecule has 2 aromatic carbocycles. The van der Waals surface area contributed by atoms with Crippen molar-refractivity contribution in [1.82, 2.24) is 9.80 Å². The number of nitrogens with zero attached hydrogens (tertiary/aromatic N) is 2. The molecule has 0 radical (unpaired) electrons. The van der Waals surface area contributed by atoms with Crippen molar-refractivity contribution in [1.29, 1.82) is 0 Å². The molecule has 2 aliphatic rings. The number of amides is 4. The topological polar surface area (TPSA) is 111 Å². The van der Waals surface area contributed by atoms with Crippen LogP contribution in [0.15, 0.2) is 42.5 Å². The van der Waals surface area contributed by atoms with Gasteiger partial charge in [0.1, 0.15) is 11.9 Å². The molecule has 1 aliphatic heterocycles.